The van der Waals surface area contributed by atoms with Crippen molar-refractivity contribution in [2.45, 2.75) is 52.2 Å². The van der Waals surface area contributed by atoms with E-state index < -0.39 is 17.4 Å². The number of halogens is 1. The molecule has 0 saturated carbocycles. The maximum atomic E-state index is 14.4. The number of piperidine rings is 1. The monoisotopic (exact) mass is 435 g/mol. The highest BCUT2D eigenvalue weighted by Crippen LogP contribution is 2.24. The second-order valence-electron chi connectivity index (χ2n) is 9.11. The molecule has 8 heteroatoms. The lowest BCUT2D eigenvalue weighted by Crippen LogP contribution is -2.54. The van der Waals surface area contributed by atoms with Crippen LogP contribution < -0.4 is 4.90 Å². The largest absolute Gasteiger partial charge is 0.462 e. The molecule has 0 N–H and O–H groups in total. The number of benzene rings is 1. The summed E-state index contributed by atoms with van der Waals surface area (Å²) >= 11 is 0. The highest BCUT2D eigenvalue weighted by Gasteiger charge is 2.31. The third kappa shape index (κ3) is 6.09. The van der Waals surface area contributed by atoms with Crippen molar-refractivity contribution in [1.29, 1.82) is 0 Å². The zero-order chi connectivity index (χ0) is 22.6. The zero-order valence-corrected chi connectivity index (χ0v) is 19.0. The topological polar surface area (TPSA) is 62.3 Å². The van der Waals surface area contributed by atoms with E-state index in [4.69, 9.17) is 9.47 Å². The van der Waals surface area contributed by atoms with E-state index in [1.165, 1.54) is 12.1 Å². The van der Waals surface area contributed by atoms with Crippen molar-refractivity contribution in [3.05, 3.63) is 29.6 Å². The second kappa shape index (κ2) is 9.85. The predicted molar refractivity (Wildman–Crippen MR) is 117 cm³/mol. The molecule has 1 amide bonds. The third-order valence-corrected chi connectivity index (χ3v) is 5.76. The van der Waals surface area contributed by atoms with Gasteiger partial charge in [0.25, 0.3) is 0 Å². The molecular weight excluding hydrogens is 401 g/mol. The summed E-state index contributed by atoms with van der Waals surface area (Å²) in [6.45, 7) is 12.4. The number of carbonyl (C=O) groups excluding carboxylic acids is 2. The Hall–Kier alpha value is -2.35. The summed E-state index contributed by atoms with van der Waals surface area (Å²) in [7, 11) is 0. The third-order valence-electron chi connectivity index (χ3n) is 5.76. The number of anilines is 1. The molecule has 0 atom stereocenters. The molecular formula is C23H34FN3O4. The van der Waals surface area contributed by atoms with Crippen LogP contribution in [0.4, 0.5) is 14.9 Å². The number of hydrogen-bond acceptors (Lipinski definition) is 6. The normalized spacial score (nSPS) is 18.7. The molecule has 0 spiro atoms. The molecule has 1 aromatic carbocycles. The van der Waals surface area contributed by atoms with Gasteiger partial charge >= 0.3 is 12.1 Å². The second-order valence-corrected chi connectivity index (χ2v) is 9.11. The van der Waals surface area contributed by atoms with Crippen LogP contribution >= 0.6 is 0 Å². The lowest BCUT2D eigenvalue weighted by molar-refractivity contribution is 0.0139. The minimum atomic E-state index is -0.630. The summed E-state index contributed by atoms with van der Waals surface area (Å²) in [5.41, 5.74) is 0.282. The zero-order valence-electron chi connectivity index (χ0n) is 19.0. The Labute approximate surface area is 184 Å². The fourth-order valence-corrected chi connectivity index (χ4v) is 4.16. The van der Waals surface area contributed by atoms with Crippen molar-refractivity contribution in [3.8, 4) is 0 Å². The van der Waals surface area contributed by atoms with E-state index in [2.05, 4.69) is 9.80 Å². The molecule has 7 nitrogen and oxygen atoms in total. The van der Waals surface area contributed by atoms with Gasteiger partial charge in [-0.05, 0) is 58.7 Å². The Morgan fingerprint density at radius 1 is 1.06 bits per heavy atom. The van der Waals surface area contributed by atoms with Gasteiger partial charge in [-0.2, -0.15) is 0 Å². The number of amides is 1. The molecule has 31 heavy (non-hydrogen) atoms. The number of piperazine rings is 1. The molecule has 2 heterocycles. The van der Waals surface area contributed by atoms with Crippen LogP contribution in [0, 0.1) is 5.82 Å². The van der Waals surface area contributed by atoms with E-state index in [9.17, 15) is 14.0 Å². The van der Waals surface area contributed by atoms with Crippen molar-refractivity contribution in [3.63, 3.8) is 0 Å². The first-order valence-corrected chi connectivity index (χ1v) is 11.1. The Morgan fingerprint density at radius 2 is 1.71 bits per heavy atom. The van der Waals surface area contributed by atoms with Crippen LogP contribution in [0.15, 0.2) is 18.2 Å². The van der Waals surface area contributed by atoms with E-state index in [-0.39, 0.29) is 18.3 Å². The van der Waals surface area contributed by atoms with Crippen LogP contribution in [0.25, 0.3) is 0 Å². The summed E-state index contributed by atoms with van der Waals surface area (Å²) in [5, 5.41) is 0. The van der Waals surface area contributed by atoms with Crippen molar-refractivity contribution >= 4 is 17.7 Å². The first-order chi connectivity index (χ1) is 14.7. The Kier molecular flexibility index (Phi) is 7.41. The molecule has 0 unspecified atom stereocenters. The molecule has 2 saturated heterocycles. The maximum absolute atomic E-state index is 14.4. The van der Waals surface area contributed by atoms with Gasteiger partial charge in [0.1, 0.15) is 11.4 Å². The molecule has 0 radical (unpaired) electrons. The molecule has 2 fully saturated rings. The molecule has 0 aliphatic carbocycles. The van der Waals surface area contributed by atoms with Crippen molar-refractivity contribution in [2.75, 3.05) is 50.8 Å². The highest BCUT2D eigenvalue weighted by molar-refractivity contribution is 5.90. The van der Waals surface area contributed by atoms with Gasteiger partial charge in [-0.25, -0.2) is 14.0 Å². The SMILES string of the molecule is CCOC(=O)c1ccc(N2CCN(C3CCN(C(=O)OC(C)(C)C)CC3)CC2)cc1F. The van der Waals surface area contributed by atoms with Gasteiger partial charge in [0, 0.05) is 51.0 Å². The Morgan fingerprint density at radius 3 is 2.26 bits per heavy atom. The summed E-state index contributed by atoms with van der Waals surface area (Å²) in [5.74, 6) is -1.18. The lowest BCUT2D eigenvalue weighted by atomic mass is 10.0. The van der Waals surface area contributed by atoms with Crippen molar-refractivity contribution < 1.29 is 23.5 Å². The summed E-state index contributed by atoms with van der Waals surface area (Å²) in [4.78, 5) is 30.4. The quantitative estimate of drug-likeness (QED) is 0.675. The van der Waals surface area contributed by atoms with Gasteiger partial charge in [-0.1, -0.05) is 0 Å². The van der Waals surface area contributed by atoms with Gasteiger partial charge in [-0.15, -0.1) is 0 Å². The first kappa shape index (κ1) is 23.3. The van der Waals surface area contributed by atoms with Crippen molar-refractivity contribution in [2.24, 2.45) is 0 Å². The molecule has 0 bridgehead atoms. The number of hydrogen-bond donors (Lipinski definition) is 0. The number of carbonyl (C=O) groups is 2. The first-order valence-electron chi connectivity index (χ1n) is 11.1. The molecule has 172 valence electrons. The Bertz CT molecular complexity index is 780. The average molecular weight is 436 g/mol. The number of esters is 1. The minimum Gasteiger partial charge on any atom is -0.462 e. The Balaban J connectivity index is 1.49. The standard InChI is InChI=1S/C23H34FN3O4/c1-5-30-21(28)19-7-6-18(16-20(19)24)26-14-12-25(13-15-26)17-8-10-27(11-9-17)22(29)31-23(2,3)4/h6-7,16-17H,5,8-15H2,1-4H3. The smallest absolute Gasteiger partial charge is 0.410 e. The summed E-state index contributed by atoms with van der Waals surface area (Å²) in [6.07, 6.45) is 1.63. The van der Waals surface area contributed by atoms with Gasteiger partial charge in [0.05, 0.1) is 12.2 Å². The molecule has 2 aliphatic heterocycles. The maximum Gasteiger partial charge on any atom is 0.410 e. The number of ether oxygens (including phenoxy) is 2. The fourth-order valence-electron chi connectivity index (χ4n) is 4.16. The van der Waals surface area contributed by atoms with Crippen LogP contribution in [0.5, 0.6) is 0 Å². The van der Waals surface area contributed by atoms with Crippen LogP contribution in [0.1, 0.15) is 50.9 Å². The van der Waals surface area contributed by atoms with E-state index in [1.807, 2.05) is 20.8 Å². The van der Waals surface area contributed by atoms with Crippen LogP contribution in [0.2, 0.25) is 0 Å². The highest BCUT2D eigenvalue weighted by atomic mass is 19.1. The van der Waals surface area contributed by atoms with Crippen LogP contribution in [-0.4, -0.2) is 79.4 Å². The summed E-state index contributed by atoms with van der Waals surface area (Å²) in [6, 6.07) is 5.15. The number of rotatable bonds is 4. The van der Waals surface area contributed by atoms with Gasteiger partial charge < -0.3 is 19.3 Å². The summed E-state index contributed by atoms with van der Waals surface area (Å²) < 4.78 is 24.7. The molecule has 0 aromatic heterocycles. The minimum absolute atomic E-state index is 0.0269. The van der Waals surface area contributed by atoms with Crippen LogP contribution in [0.3, 0.4) is 0 Å². The fraction of sp³-hybridized carbons (Fsp3) is 0.652. The van der Waals surface area contributed by atoms with Crippen LogP contribution in [-0.2, 0) is 9.47 Å². The van der Waals surface area contributed by atoms with E-state index in [1.54, 1.807) is 17.9 Å². The number of likely N-dealkylation sites (tertiary alicyclic amines) is 1. The van der Waals surface area contributed by atoms with E-state index in [0.29, 0.717) is 19.1 Å². The van der Waals surface area contributed by atoms with Gasteiger partial charge in [0.15, 0.2) is 0 Å². The predicted octanol–water partition coefficient (Wildman–Crippen LogP) is 3.52. The van der Waals surface area contributed by atoms with Gasteiger partial charge in [0.2, 0.25) is 0 Å². The molecule has 3 rings (SSSR count). The lowest BCUT2D eigenvalue weighted by Gasteiger charge is -2.43. The van der Waals surface area contributed by atoms with E-state index in [0.717, 1.165) is 44.7 Å². The van der Waals surface area contributed by atoms with Crippen molar-refractivity contribution in [1.82, 2.24) is 9.80 Å². The van der Waals surface area contributed by atoms with E-state index >= 15 is 0 Å². The van der Waals surface area contributed by atoms with Gasteiger partial charge in [-0.3, -0.25) is 4.90 Å². The number of nitrogens with zero attached hydrogens (tertiary/aromatic N) is 3. The molecule has 1 aromatic rings. The average Bonchev–Trinajstić information content (AvgIpc) is 2.73. The molecule has 2 aliphatic rings.